The van der Waals surface area contributed by atoms with Crippen molar-refractivity contribution in [3.8, 4) is 5.75 Å². The number of carboxylic acids is 2. The Hall–Kier alpha value is -13.3. The number of aliphatic carboxylic acids is 2. The fourth-order valence-electron chi connectivity index (χ4n) is 16.1. The number of carbonyl (C=O) groups is 19. The van der Waals surface area contributed by atoms with Crippen molar-refractivity contribution in [2.24, 2.45) is 22.9 Å². The van der Waals surface area contributed by atoms with E-state index in [0.29, 0.717) is 69.9 Å². The van der Waals surface area contributed by atoms with Gasteiger partial charge < -0.3 is 131 Å². The maximum Gasteiger partial charge on any atom is 0.305 e. The summed E-state index contributed by atoms with van der Waals surface area (Å²) in [4.78, 5) is 285. The number of aliphatic hydroxyl groups is 1. The monoisotopic (exact) mass is 1870 g/mol. The number of nitrogens with zero attached hydrogens (tertiary/aromatic N) is 5. The number of H-pyrrole nitrogens is 2. The molecular formula is C88H123N21O23S. The number of rotatable bonds is 27. The third-order valence-electron chi connectivity index (χ3n) is 23.6. The molecule has 0 spiro atoms. The summed E-state index contributed by atoms with van der Waals surface area (Å²) in [6.45, 7) is 2.65. The van der Waals surface area contributed by atoms with Crippen LogP contribution < -0.4 is 80.8 Å². The number of aromatic nitrogens is 2. The number of hydrogen-bond acceptors (Lipinski definition) is 24. The van der Waals surface area contributed by atoms with E-state index >= 15 is 33.6 Å². The van der Waals surface area contributed by atoms with Crippen molar-refractivity contribution in [2.45, 2.75) is 227 Å². The molecule has 3 aliphatic heterocycles. The molecule has 5 aromatic rings. The first-order chi connectivity index (χ1) is 63.3. The molecule has 3 aromatic carbocycles. The maximum atomic E-state index is 15.7. The molecule has 0 aliphatic carbocycles. The van der Waals surface area contributed by atoms with Crippen LogP contribution in [0.15, 0.2) is 85.2 Å². The van der Waals surface area contributed by atoms with Crippen molar-refractivity contribution < 1.29 is 111 Å². The van der Waals surface area contributed by atoms with E-state index in [9.17, 15) is 72.9 Å². The highest BCUT2D eigenvalue weighted by atomic mass is 32.2. The fraction of sp³-hybridized carbons (Fsp3) is 0.534. The van der Waals surface area contributed by atoms with Gasteiger partial charge in [-0.3, -0.25) is 91.1 Å². The second kappa shape index (κ2) is 50.4. The molecule has 1 unspecified atom stereocenters. The largest absolute Gasteiger partial charge is 0.497 e. The van der Waals surface area contributed by atoms with Crippen LogP contribution in [0, 0.1) is 0 Å². The van der Waals surface area contributed by atoms with Gasteiger partial charge in [0, 0.05) is 113 Å². The maximum absolute atomic E-state index is 15.7. The van der Waals surface area contributed by atoms with Crippen molar-refractivity contribution in [1.82, 2.24) is 87.6 Å². The number of aliphatic hydroxyl groups excluding tert-OH is 1. The lowest BCUT2D eigenvalue weighted by molar-refractivity contribution is -0.149. The number of nitrogens with two attached hydrogens (primary N) is 4. The molecule has 2 aromatic heterocycles. The van der Waals surface area contributed by atoms with Gasteiger partial charge in [0.2, 0.25) is 100 Å². The van der Waals surface area contributed by atoms with Gasteiger partial charge in [-0.05, 0) is 99.4 Å². The highest BCUT2D eigenvalue weighted by molar-refractivity contribution is 8.00. The fourth-order valence-corrected chi connectivity index (χ4v) is 17.0. The number of aromatic amines is 2. The van der Waals surface area contributed by atoms with Crippen LogP contribution in [0.5, 0.6) is 5.75 Å². The van der Waals surface area contributed by atoms with E-state index in [0.717, 1.165) is 36.3 Å². The number of thioether (sulfide) groups is 1. The number of amides is 17. The molecule has 724 valence electrons. The number of likely N-dealkylation sites (N-methyl/N-ethyl adjacent to an activating group) is 3. The molecule has 0 radical (unpaired) electrons. The first-order valence-electron chi connectivity index (χ1n) is 44.1. The predicted molar refractivity (Wildman–Crippen MR) is 483 cm³/mol. The first kappa shape index (κ1) is 105. The van der Waals surface area contributed by atoms with E-state index in [1.165, 1.54) is 41.4 Å². The minimum absolute atomic E-state index is 0.0158. The number of hydrogen-bond donors (Lipinski definition) is 19. The molecule has 0 saturated carbocycles. The van der Waals surface area contributed by atoms with Crippen LogP contribution in [0.2, 0.25) is 0 Å². The molecule has 15 atom stereocenters. The van der Waals surface area contributed by atoms with Crippen LogP contribution >= 0.6 is 11.8 Å². The molecule has 23 N–H and O–H groups in total. The summed E-state index contributed by atoms with van der Waals surface area (Å²) in [6.07, 6.45) is -1.99. The van der Waals surface area contributed by atoms with Gasteiger partial charge in [-0.25, -0.2) is 0 Å². The number of fused-ring (bicyclic) bond motifs is 4. The number of primary amides is 2. The van der Waals surface area contributed by atoms with E-state index in [1.54, 1.807) is 79.0 Å². The van der Waals surface area contributed by atoms with Gasteiger partial charge in [0.05, 0.1) is 38.4 Å². The normalized spacial score (nSPS) is 24.9. The number of ether oxygens (including phenoxy) is 1. The van der Waals surface area contributed by atoms with E-state index < -0.39 is 273 Å². The summed E-state index contributed by atoms with van der Waals surface area (Å²) in [5, 5.41) is 58.4. The molecule has 17 amide bonds. The molecular weight excluding hydrogens is 1750 g/mol. The molecule has 8 rings (SSSR count). The lowest BCUT2D eigenvalue weighted by Crippen LogP contribution is -2.61. The summed E-state index contributed by atoms with van der Waals surface area (Å²) >= 11 is 0.773. The third kappa shape index (κ3) is 29.3. The van der Waals surface area contributed by atoms with Crippen LogP contribution in [0.3, 0.4) is 0 Å². The van der Waals surface area contributed by atoms with Gasteiger partial charge in [0.25, 0.3) is 0 Å². The average molecular weight is 1880 g/mol. The van der Waals surface area contributed by atoms with Gasteiger partial charge in [-0.2, -0.15) is 0 Å². The number of carbonyl (C=O) groups excluding carboxylic acids is 17. The van der Waals surface area contributed by atoms with Crippen molar-refractivity contribution >= 4 is 146 Å². The molecule has 44 nitrogen and oxygen atoms in total. The Balaban J connectivity index is 1.20. The second-order valence-corrected chi connectivity index (χ2v) is 34.3. The Labute approximate surface area is 771 Å². The Kier molecular flexibility index (Phi) is 39.8. The van der Waals surface area contributed by atoms with Crippen molar-refractivity contribution in [1.29, 1.82) is 0 Å². The van der Waals surface area contributed by atoms with Crippen molar-refractivity contribution in [3.63, 3.8) is 0 Å². The topological polar surface area (TPSA) is 666 Å². The van der Waals surface area contributed by atoms with Gasteiger partial charge in [-0.1, -0.05) is 88.1 Å². The van der Waals surface area contributed by atoms with Crippen molar-refractivity contribution in [2.75, 3.05) is 72.5 Å². The molecule has 0 bridgehead atoms. The van der Waals surface area contributed by atoms with Crippen LogP contribution in [-0.2, 0) is 110 Å². The van der Waals surface area contributed by atoms with Crippen LogP contribution in [0.1, 0.15) is 134 Å². The number of nitrogens with one attached hydrogen (secondary N) is 12. The summed E-state index contributed by atoms with van der Waals surface area (Å²) in [6, 6.07) is -3.10. The van der Waals surface area contributed by atoms with Crippen molar-refractivity contribution in [3.05, 3.63) is 102 Å². The number of unbranched alkanes of at least 4 members (excludes halogenated alkanes) is 2. The molecule has 45 heteroatoms. The van der Waals surface area contributed by atoms with E-state index in [1.807, 2.05) is 13.8 Å². The third-order valence-corrected chi connectivity index (χ3v) is 24.7. The zero-order valence-corrected chi connectivity index (χ0v) is 76.2. The standard InChI is InChI=1S/C88H123N21O23S/c1-8-10-23-66-81(124)97-57(22-16-32-89)77(120)104-65(76(119)95-43-71(92)112)45-133-46-72(113)96-61(34-48-26-28-52(132-7)29-27-48)84(127)105(4)47(3)75(118)101-63(38-70(91)111)87(130)108-33-17-25-67(108)82(125)103-64(40-90)80(123)98-58(30-31-73(114)115)86(129)109-44-51(110)37-69(109)83(126)100-59(35-49-41-93-55-20-14-12-18-53(49)55)78(121)99-60(39-74(116)117)79(122)102-62(36-50-42-94-56-21-15-13-19-54(50)56)85(128)107(6)68(24-11-9-2)88(131)106(66)5/h12-15,18-21,26-29,41-42,47,51,57-69,93-94,110H,8-11,16-17,22-25,30-40,43-46,89-90H2,1-7H3,(H2,91,111)(H2,92,112)(H,95,119)(H,96,113)(H,97,124)(H,98,123)(H,99,121)(H,100,126)(H,101,118)(H,102,122)(H,103,125)(H,104,120)(H,114,115)(H,116,117)/t47-,51+,57-,58-,59-,60-,61-,62-,63-,64-,65-,66-,67?,68-,69-/m0/s1. The number of methoxy groups -OCH3 is 1. The Morgan fingerprint density at radius 3 is 1.63 bits per heavy atom. The summed E-state index contributed by atoms with van der Waals surface area (Å²) < 4.78 is 5.32. The summed E-state index contributed by atoms with van der Waals surface area (Å²) in [5.41, 5.74) is 25.7. The first-order valence-corrected chi connectivity index (χ1v) is 45.3. The smallest absolute Gasteiger partial charge is 0.305 e. The van der Waals surface area contributed by atoms with Gasteiger partial charge in [0.1, 0.15) is 90.3 Å². The zero-order chi connectivity index (χ0) is 97.6. The number of benzene rings is 3. The van der Waals surface area contributed by atoms with E-state index in [-0.39, 0.29) is 64.5 Å². The Morgan fingerprint density at radius 1 is 0.511 bits per heavy atom. The number of carboxylic acid groups (broad SMARTS) is 2. The van der Waals surface area contributed by atoms with Gasteiger partial charge in [0.15, 0.2) is 0 Å². The molecule has 3 fully saturated rings. The Morgan fingerprint density at radius 2 is 1.04 bits per heavy atom. The van der Waals surface area contributed by atoms with Gasteiger partial charge >= 0.3 is 11.9 Å². The lowest BCUT2D eigenvalue weighted by Gasteiger charge is -2.36. The zero-order valence-electron chi connectivity index (χ0n) is 75.4. The quantitative estimate of drug-likeness (QED) is 0.0239. The summed E-state index contributed by atoms with van der Waals surface area (Å²) in [5.74, 6) is -21.0. The Bertz CT molecular complexity index is 5030. The van der Waals surface area contributed by atoms with E-state index in [4.69, 9.17) is 27.7 Å². The number of para-hydroxylation sites is 2. The molecule has 3 aliphatic rings. The highest BCUT2D eigenvalue weighted by Crippen LogP contribution is 2.28. The second-order valence-electron chi connectivity index (χ2n) is 33.3. The summed E-state index contributed by atoms with van der Waals surface area (Å²) in [7, 11) is 5.25. The van der Waals surface area contributed by atoms with Crippen LogP contribution in [0.4, 0.5) is 0 Å². The van der Waals surface area contributed by atoms with Crippen LogP contribution in [-0.4, -0.2) is 325 Å². The predicted octanol–water partition coefficient (Wildman–Crippen LogP) is -3.86. The van der Waals surface area contributed by atoms with Crippen LogP contribution in [0.25, 0.3) is 21.8 Å². The van der Waals surface area contributed by atoms with Gasteiger partial charge in [-0.15, -0.1) is 11.8 Å². The molecule has 133 heavy (non-hydrogen) atoms. The average Bonchev–Trinajstić information content (AvgIpc) is 1.76. The lowest BCUT2D eigenvalue weighted by atomic mass is 9.99. The highest BCUT2D eigenvalue weighted by Gasteiger charge is 2.47. The van der Waals surface area contributed by atoms with E-state index in [2.05, 4.69) is 63.1 Å². The minimum atomic E-state index is -2.09. The molecule has 5 heterocycles. The molecule has 3 saturated heterocycles. The minimum Gasteiger partial charge on any atom is -0.497 e. The SMILES string of the molecule is CCCC[C@H]1C(=O)N(C)[C@@H](CCCC)C(=O)N[C@@H](CCCN)C(=O)N[C@H](C(=O)NCC(N)=O)CSCC(=O)N[C@@H](Cc2ccc(OC)cc2)C(=O)N(C)[C@@H](C)C(=O)N[C@@H](CC(N)=O)C(=O)N2CCCC2C(=O)N[C@@H](CN)C(=O)N[C@@H](CCC(=O)O)C(=O)N2C[C@H](O)C[C@H]2C(=O)N[C@@H](Cc2c[nH]c3ccccc23)C(=O)N[C@@H](CC(=O)O)C(=O)N[C@@H](Cc2c[nH]c3ccccc23)C(=O)N1C.